The Morgan fingerprint density at radius 1 is 0.850 bits per heavy atom. The number of nitrogens with two attached hydrogens (primary N) is 1. The van der Waals surface area contributed by atoms with Crippen molar-refractivity contribution < 1.29 is 32.5 Å². The minimum atomic E-state index is -3.67. The van der Waals surface area contributed by atoms with Crippen LogP contribution in [0, 0.1) is 11.3 Å². The molecular weight excluding hydrogens is 536 g/mol. The van der Waals surface area contributed by atoms with E-state index in [1.54, 1.807) is 60.7 Å². The van der Waals surface area contributed by atoms with Crippen LogP contribution in [0.25, 0.3) is 11.1 Å². The molecule has 11 nitrogen and oxygen atoms in total. The smallest absolute Gasteiger partial charge is 0.336 e. The largest absolute Gasteiger partial charge is 0.478 e. The van der Waals surface area contributed by atoms with Gasteiger partial charge in [0, 0.05) is 28.4 Å². The van der Waals surface area contributed by atoms with Gasteiger partial charge in [0.25, 0.3) is 21.9 Å². The molecule has 40 heavy (non-hydrogen) atoms. The molecule has 0 spiro atoms. The average Bonchev–Trinajstić information content (AvgIpc) is 2.87. The number of carbonyl (C=O) groups excluding carboxylic acids is 2. The summed E-state index contributed by atoms with van der Waals surface area (Å²) in [7, 11) is -3.67. The highest BCUT2D eigenvalue weighted by molar-refractivity contribution is 7.85. The number of hydrogen-bond acceptors (Lipinski definition) is 6. The molecule has 3 rings (SSSR count). The number of amidine groups is 1. The van der Waals surface area contributed by atoms with E-state index in [2.05, 4.69) is 10.6 Å². The van der Waals surface area contributed by atoms with Crippen LogP contribution in [0.1, 0.15) is 57.4 Å². The lowest BCUT2D eigenvalue weighted by Crippen LogP contribution is -2.36. The maximum absolute atomic E-state index is 13.1. The molecule has 0 radical (unpaired) electrons. The Kier molecular flexibility index (Phi) is 10.7. The Morgan fingerprint density at radius 3 is 1.90 bits per heavy atom. The van der Waals surface area contributed by atoms with Crippen molar-refractivity contribution in [2.75, 3.05) is 11.6 Å². The summed E-state index contributed by atoms with van der Waals surface area (Å²) < 4.78 is 25.9. The molecule has 0 bridgehead atoms. The first-order valence-electron chi connectivity index (χ1n) is 12.0. The van der Waals surface area contributed by atoms with Gasteiger partial charge in [-0.1, -0.05) is 38.1 Å². The standard InChI is InChI=1S/C27H28N4O4.CH4O3S/c1-15(2)16(3)30-25(32)18-10-13-21(23(14-18)27(34)35)20-6-4-5-7-22(20)26(33)31-19-11-8-17(9-12-19)24(28)29;1-5(2,3)4/h4-16H,1-3H3,(H3,28,29)(H,30,32)(H,31,33)(H,34,35);1H3,(H,2,3,4). The maximum Gasteiger partial charge on any atom is 0.336 e. The number of carboxylic acids is 1. The van der Waals surface area contributed by atoms with Crippen LogP contribution in [-0.2, 0) is 10.1 Å². The van der Waals surface area contributed by atoms with Gasteiger partial charge in [-0.05, 0) is 66.4 Å². The van der Waals surface area contributed by atoms with E-state index >= 15 is 0 Å². The van der Waals surface area contributed by atoms with Gasteiger partial charge < -0.3 is 21.5 Å². The van der Waals surface area contributed by atoms with Crippen LogP contribution in [0.5, 0.6) is 0 Å². The molecule has 0 saturated carbocycles. The van der Waals surface area contributed by atoms with Gasteiger partial charge in [-0.25, -0.2) is 4.79 Å². The molecule has 3 aromatic carbocycles. The Hall–Kier alpha value is -4.55. The fraction of sp³-hybridized carbons (Fsp3) is 0.214. The molecule has 2 amide bonds. The summed E-state index contributed by atoms with van der Waals surface area (Å²) in [4.78, 5) is 37.8. The first-order chi connectivity index (χ1) is 18.6. The van der Waals surface area contributed by atoms with Crippen molar-refractivity contribution in [2.45, 2.75) is 26.8 Å². The second kappa shape index (κ2) is 13.5. The molecule has 1 atom stereocenters. The summed E-state index contributed by atoms with van der Waals surface area (Å²) >= 11 is 0. The third-order valence-corrected chi connectivity index (χ3v) is 5.79. The molecule has 7 N–H and O–H groups in total. The van der Waals surface area contributed by atoms with Crippen LogP contribution in [-0.4, -0.2) is 54.0 Å². The van der Waals surface area contributed by atoms with Gasteiger partial charge in [-0.2, -0.15) is 8.42 Å². The quantitative estimate of drug-likeness (QED) is 0.134. The molecule has 0 aliphatic carbocycles. The highest BCUT2D eigenvalue weighted by Gasteiger charge is 2.21. The number of benzene rings is 3. The normalized spacial score (nSPS) is 11.6. The maximum atomic E-state index is 13.1. The number of carbonyl (C=O) groups is 3. The van der Waals surface area contributed by atoms with Crippen LogP contribution in [0.15, 0.2) is 66.7 Å². The summed E-state index contributed by atoms with van der Waals surface area (Å²) in [5.74, 6) is -1.85. The zero-order chi connectivity index (χ0) is 30.2. The number of anilines is 1. The van der Waals surface area contributed by atoms with Gasteiger partial charge in [-0.3, -0.25) is 19.6 Å². The minimum Gasteiger partial charge on any atom is -0.478 e. The zero-order valence-corrected chi connectivity index (χ0v) is 23.2. The van der Waals surface area contributed by atoms with Crippen molar-refractivity contribution in [1.82, 2.24) is 5.32 Å². The van der Waals surface area contributed by atoms with E-state index in [1.165, 1.54) is 6.07 Å². The predicted octanol–water partition coefficient (Wildman–Crippen LogP) is 3.87. The number of aromatic carboxylic acids is 1. The third kappa shape index (κ3) is 9.33. The first kappa shape index (κ1) is 31.7. The van der Waals surface area contributed by atoms with Gasteiger partial charge in [0.1, 0.15) is 5.84 Å². The number of nitrogen functional groups attached to an aromatic ring is 1. The number of carboxylic acid groups (broad SMARTS) is 1. The van der Waals surface area contributed by atoms with Crippen molar-refractivity contribution in [3.05, 3.63) is 89.0 Å². The van der Waals surface area contributed by atoms with Gasteiger partial charge >= 0.3 is 5.97 Å². The SMILES string of the molecule is CC(C)C(C)NC(=O)c1ccc(-c2ccccc2C(=O)Nc2ccc(C(=N)N)cc2)c(C(=O)O)c1.CS(=O)(=O)O. The predicted molar refractivity (Wildman–Crippen MR) is 153 cm³/mol. The first-order valence-corrected chi connectivity index (χ1v) is 13.9. The fourth-order valence-electron chi connectivity index (χ4n) is 3.40. The Morgan fingerprint density at radius 2 is 1.38 bits per heavy atom. The zero-order valence-electron chi connectivity index (χ0n) is 22.4. The highest BCUT2D eigenvalue weighted by atomic mass is 32.2. The molecule has 0 aromatic heterocycles. The Labute approximate surface area is 232 Å². The molecule has 212 valence electrons. The topological polar surface area (TPSA) is 200 Å². The number of hydrogen-bond donors (Lipinski definition) is 6. The third-order valence-electron chi connectivity index (χ3n) is 5.79. The fourth-order valence-corrected chi connectivity index (χ4v) is 3.40. The number of nitrogens with one attached hydrogen (secondary N) is 3. The van der Waals surface area contributed by atoms with Crippen LogP contribution in [0.3, 0.4) is 0 Å². The molecule has 0 fully saturated rings. The number of rotatable bonds is 8. The summed E-state index contributed by atoms with van der Waals surface area (Å²) in [6.07, 6.45) is 0.715. The van der Waals surface area contributed by atoms with Crippen molar-refractivity contribution in [3.8, 4) is 11.1 Å². The van der Waals surface area contributed by atoms with Crippen LogP contribution in [0.4, 0.5) is 5.69 Å². The molecule has 3 aromatic rings. The molecule has 0 aliphatic heterocycles. The van der Waals surface area contributed by atoms with Crippen molar-refractivity contribution in [2.24, 2.45) is 11.7 Å². The highest BCUT2D eigenvalue weighted by Crippen LogP contribution is 2.29. The van der Waals surface area contributed by atoms with Crippen LogP contribution < -0.4 is 16.4 Å². The van der Waals surface area contributed by atoms with E-state index in [4.69, 9.17) is 15.7 Å². The summed E-state index contributed by atoms with van der Waals surface area (Å²) in [5, 5.41) is 23.0. The van der Waals surface area contributed by atoms with Gasteiger partial charge in [0.2, 0.25) is 0 Å². The molecular formula is C28H32N4O7S. The van der Waals surface area contributed by atoms with Crippen molar-refractivity contribution in [1.29, 1.82) is 5.41 Å². The van der Waals surface area contributed by atoms with Crippen molar-refractivity contribution in [3.63, 3.8) is 0 Å². The second-order valence-electron chi connectivity index (χ2n) is 9.30. The van der Waals surface area contributed by atoms with Crippen LogP contribution in [0.2, 0.25) is 0 Å². The molecule has 0 aliphatic rings. The Bertz CT molecular complexity index is 1510. The van der Waals surface area contributed by atoms with E-state index in [-0.39, 0.29) is 40.4 Å². The summed E-state index contributed by atoms with van der Waals surface area (Å²) in [6.45, 7) is 5.85. The lowest BCUT2D eigenvalue weighted by Gasteiger charge is -2.18. The lowest BCUT2D eigenvalue weighted by molar-refractivity contribution is 0.0697. The number of amides is 2. The Balaban J connectivity index is 0.00000103. The molecule has 12 heteroatoms. The van der Waals surface area contributed by atoms with E-state index in [0.717, 1.165) is 0 Å². The summed E-state index contributed by atoms with van der Waals surface area (Å²) in [5.41, 5.74) is 7.66. The van der Waals surface area contributed by atoms with E-state index in [1.807, 2.05) is 20.8 Å². The van der Waals surface area contributed by atoms with Gasteiger partial charge in [0.05, 0.1) is 11.8 Å². The molecule has 0 saturated heterocycles. The average molecular weight is 569 g/mol. The van der Waals surface area contributed by atoms with E-state index in [0.29, 0.717) is 28.6 Å². The lowest BCUT2D eigenvalue weighted by atomic mass is 9.93. The molecule has 1 unspecified atom stereocenters. The van der Waals surface area contributed by atoms with Gasteiger partial charge in [-0.15, -0.1) is 0 Å². The van der Waals surface area contributed by atoms with E-state index < -0.39 is 22.0 Å². The molecule has 0 heterocycles. The van der Waals surface area contributed by atoms with Crippen molar-refractivity contribution >= 4 is 39.4 Å². The van der Waals surface area contributed by atoms with Gasteiger partial charge in [0.15, 0.2) is 0 Å². The second-order valence-corrected chi connectivity index (χ2v) is 10.8. The van der Waals surface area contributed by atoms with E-state index in [9.17, 15) is 27.9 Å². The summed E-state index contributed by atoms with van der Waals surface area (Å²) in [6, 6.07) is 17.5. The monoisotopic (exact) mass is 568 g/mol. The minimum absolute atomic E-state index is 0.0785. The van der Waals surface area contributed by atoms with Crippen LogP contribution >= 0.6 is 0 Å².